The van der Waals surface area contributed by atoms with Crippen molar-refractivity contribution in [3.05, 3.63) is 83.4 Å². The summed E-state index contributed by atoms with van der Waals surface area (Å²) in [7, 11) is -2.24. The summed E-state index contributed by atoms with van der Waals surface area (Å²) in [6.45, 7) is 4.31. The van der Waals surface area contributed by atoms with Gasteiger partial charge in [-0.3, -0.25) is 4.79 Å². The number of benzene rings is 3. The predicted molar refractivity (Wildman–Crippen MR) is 178 cm³/mol. The monoisotopic (exact) mass is 638 g/mol. The highest BCUT2D eigenvalue weighted by Crippen LogP contribution is 2.55. The van der Waals surface area contributed by atoms with E-state index in [1.165, 1.54) is 11.8 Å². The third-order valence-corrected chi connectivity index (χ3v) is 12.2. The van der Waals surface area contributed by atoms with E-state index in [1.807, 2.05) is 54.8 Å². The molecule has 0 aliphatic carbocycles. The van der Waals surface area contributed by atoms with E-state index in [0.717, 1.165) is 72.3 Å². The molecule has 0 fully saturated rings. The lowest BCUT2D eigenvalue weighted by Gasteiger charge is -2.41. The van der Waals surface area contributed by atoms with Gasteiger partial charge < -0.3 is 14.6 Å². The number of sulfone groups is 1. The van der Waals surface area contributed by atoms with E-state index >= 15 is 8.42 Å². The van der Waals surface area contributed by atoms with Crippen LogP contribution in [0.1, 0.15) is 87.8 Å². The molecule has 0 amide bonds. The van der Waals surface area contributed by atoms with Crippen LogP contribution in [0.25, 0.3) is 0 Å². The minimum Gasteiger partial charge on any atom is -0.497 e. The maximum Gasteiger partial charge on any atom is 0.306 e. The number of methoxy groups -OCH3 is 1. The molecule has 1 heterocycles. The third-order valence-electron chi connectivity index (χ3n) is 9.06. The lowest BCUT2D eigenvalue weighted by molar-refractivity contribution is -0.137. The Kier molecular flexibility index (Phi) is 11.8. The Bertz CT molecular complexity index is 1480. The van der Waals surface area contributed by atoms with E-state index in [9.17, 15) is 9.90 Å². The van der Waals surface area contributed by atoms with E-state index in [2.05, 4.69) is 26.0 Å². The van der Waals surface area contributed by atoms with Gasteiger partial charge in [0.25, 0.3) is 0 Å². The lowest BCUT2D eigenvalue weighted by Crippen LogP contribution is -2.42. The molecular formula is C36H46O6S2. The van der Waals surface area contributed by atoms with E-state index in [0.29, 0.717) is 17.1 Å². The largest absolute Gasteiger partial charge is 0.497 e. The maximum atomic E-state index is 15.2. The van der Waals surface area contributed by atoms with Crippen molar-refractivity contribution < 1.29 is 27.8 Å². The Morgan fingerprint density at radius 3 is 2.23 bits per heavy atom. The van der Waals surface area contributed by atoms with Gasteiger partial charge >= 0.3 is 5.97 Å². The van der Waals surface area contributed by atoms with Crippen LogP contribution in [0.5, 0.6) is 11.5 Å². The first-order valence-electron chi connectivity index (χ1n) is 15.7. The number of fused-ring (bicyclic) bond motifs is 1. The van der Waals surface area contributed by atoms with Crippen LogP contribution < -0.4 is 9.47 Å². The molecule has 0 saturated carbocycles. The first-order chi connectivity index (χ1) is 21.2. The maximum absolute atomic E-state index is 15.2. The first-order valence-corrected chi connectivity index (χ1v) is 18.4. The molecule has 1 aliphatic heterocycles. The molecule has 4 rings (SSSR count). The molecule has 44 heavy (non-hydrogen) atoms. The zero-order chi connectivity index (χ0) is 31.7. The number of aliphatic carboxylic acids is 1. The molecule has 1 aliphatic rings. The molecule has 2 unspecified atom stereocenters. The van der Waals surface area contributed by atoms with Gasteiger partial charge in [-0.05, 0) is 72.2 Å². The highest BCUT2D eigenvalue weighted by molar-refractivity contribution is 7.98. The number of carboxylic acids is 1. The summed E-state index contributed by atoms with van der Waals surface area (Å²) in [5.41, 5.74) is 2.43. The van der Waals surface area contributed by atoms with Crippen molar-refractivity contribution in [2.24, 2.45) is 5.41 Å². The molecule has 3 aromatic rings. The highest BCUT2D eigenvalue weighted by Gasteiger charge is 2.51. The Hall–Kier alpha value is -2.97. The van der Waals surface area contributed by atoms with Gasteiger partial charge in [0.1, 0.15) is 11.5 Å². The van der Waals surface area contributed by atoms with E-state index in [1.54, 1.807) is 13.2 Å². The number of rotatable bonds is 15. The molecule has 0 spiro atoms. The second kappa shape index (κ2) is 15.3. The zero-order valence-corrected chi connectivity index (χ0v) is 28.0. The summed E-state index contributed by atoms with van der Waals surface area (Å²) >= 11 is 1.49. The van der Waals surface area contributed by atoms with Crippen molar-refractivity contribution in [3.63, 3.8) is 0 Å². The Balaban J connectivity index is 1.99. The van der Waals surface area contributed by atoms with Crippen molar-refractivity contribution in [3.8, 4) is 11.5 Å². The summed E-state index contributed by atoms with van der Waals surface area (Å²) in [5, 5.41) is 8.57. The van der Waals surface area contributed by atoms with Crippen molar-refractivity contribution in [2.45, 2.75) is 92.6 Å². The van der Waals surface area contributed by atoms with E-state index in [4.69, 9.17) is 9.47 Å². The van der Waals surface area contributed by atoms with Gasteiger partial charge in [0.05, 0.1) is 30.3 Å². The van der Waals surface area contributed by atoms with Crippen molar-refractivity contribution in [2.75, 3.05) is 20.0 Å². The zero-order valence-electron chi connectivity index (χ0n) is 26.4. The number of ether oxygens (including phenoxy) is 2. The van der Waals surface area contributed by atoms with Gasteiger partial charge in [-0.2, -0.15) is 0 Å². The van der Waals surface area contributed by atoms with Gasteiger partial charge in [-0.25, -0.2) is 8.42 Å². The lowest BCUT2D eigenvalue weighted by atomic mass is 9.66. The molecule has 6 nitrogen and oxygen atoms in total. The minimum atomic E-state index is -3.87. The number of thioether (sulfide) groups is 1. The minimum absolute atomic E-state index is 0.0317. The molecule has 0 radical (unpaired) electrons. The standard InChI is InChI=1S/C36H46O6S2/c1-5-7-19-36(20-8-6-2)25-30(27-12-10-9-11-13-27)29-23-32(43-4)31(42-21-18-35(37)38)24-33(29)44(39,40)34(36)22-26-14-16-28(41-3)17-15-26/h9-17,23-24,30,34H,5-8,18-22,25H2,1-4H3,(H,37,38). The van der Waals surface area contributed by atoms with Gasteiger partial charge in [0.2, 0.25) is 0 Å². The summed E-state index contributed by atoms with van der Waals surface area (Å²) in [5.74, 6) is 0.0848. The summed E-state index contributed by atoms with van der Waals surface area (Å²) in [4.78, 5) is 12.4. The number of unbranched alkanes of at least 4 members (excludes halogenated alkanes) is 2. The van der Waals surface area contributed by atoms with Crippen LogP contribution in [-0.4, -0.2) is 44.7 Å². The SMILES string of the molecule is CCCCC1(CCCC)CC(c2ccccc2)c2cc(SC)c(OCCC(=O)O)cc2S(=O)(=O)C1Cc1ccc(OC)cc1. The summed E-state index contributed by atoms with van der Waals surface area (Å²) in [6, 6.07) is 21.7. The molecule has 1 N–H and O–H groups in total. The van der Waals surface area contributed by atoms with Gasteiger partial charge in [0.15, 0.2) is 9.84 Å². The van der Waals surface area contributed by atoms with Crippen LogP contribution in [0.15, 0.2) is 76.5 Å². The fourth-order valence-electron chi connectivity index (χ4n) is 6.72. The van der Waals surface area contributed by atoms with Gasteiger partial charge in [0, 0.05) is 16.9 Å². The Morgan fingerprint density at radius 1 is 1.00 bits per heavy atom. The topological polar surface area (TPSA) is 89.9 Å². The van der Waals surface area contributed by atoms with Crippen LogP contribution in [-0.2, 0) is 21.1 Å². The van der Waals surface area contributed by atoms with Crippen LogP contribution >= 0.6 is 11.8 Å². The molecule has 0 aromatic heterocycles. The molecule has 2 atom stereocenters. The van der Waals surface area contributed by atoms with Crippen LogP contribution in [0.3, 0.4) is 0 Å². The van der Waals surface area contributed by atoms with Crippen LogP contribution in [0.2, 0.25) is 0 Å². The molecule has 0 bridgehead atoms. The quantitative estimate of drug-likeness (QED) is 0.167. The third kappa shape index (κ3) is 7.63. The fourth-order valence-corrected chi connectivity index (χ4v) is 9.79. The predicted octanol–water partition coefficient (Wildman–Crippen LogP) is 8.56. The number of hydrogen-bond acceptors (Lipinski definition) is 6. The fraction of sp³-hybridized carbons (Fsp3) is 0.472. The Labute approximate surface area is 267 Å². The van der Waals surface area contributed by atoms with Crippen molar-refractivity contribution in [1.29, 1.82) is 0 Å². The first kappa shape index (κ1) is 33.9. The Morgan fingerprint density at radius 2 is 1.66 bits per heavy atom. The van der Waals surface area contributed by atoms with Gasteiger partial charge in [-0.15, -0.1) is 11.8 Å². The summed E-state index contributed by atoms with van der Waals surface area (Å²) in [6.07, 6.45) is 8.46. The number of carbonyl (C=O) groups is 1. The second-order valence-corrected chi connectivity index (χ2v) is 14.8. The summed E-state index contributed by atoms with van der Waals surface area (Å²) < 4.78 is 41.8. The van der Waals surface area contributed by atoms with Crippen molar-refractivity contribution >= 4 is 27.6 Å². The molecule has 3 aromatic carbocycles. The molecule has 8 heteroatoms. The van der Waals surface area contributed by atoms with Crippen molar-refractivity contribution in [1.82, 2.24) is 0 Å². The number of hydrogen-bond donors (Lipinski definition) is 1. The van der Waals surface area contributed by atoms with E-state index < -0.39 is 26.5 Å². The van der Waals surface area contributed by atoms with Gasteiger partial charge in [-0.1, -0.05) is 82.0 Å². The van der Waals surface area contributed by atoms with E-state index in [-0.39, 0.29) is 18.9 Å². The average Bonchev–Trinajstić information content (AvgIpc) is 3.10. The molecular weight excluding hydrogens is 593 g/mol. The molecule has 0 saturated heterocycles. The van der Waals surface area contributed by atoms with Crippen LogP contribution in [0.4, 0.5) is 0 Å². The normalized spacial score (nSPS) is 18.6. The average molecular weight is 639 g/mol. The smallest absolute Gasteiger partial charge is 0.306 e. The second-order valence-electron chi connectivity index (χ2n) is 11.9. The highest BCUT2D eigenvalue weighted by atomic mass is 32.2. The van der Waals surface area contributed by atoms with Crippen LogP contribution in [0, 0.1) is 5.41 Å². The number of carboxylic acid groups (broad SMARTS) is 1. The molecule has 238 valence electrons.